The molecule has 0 bridgehead atoms. The van der Waals surface area contributed by atoms with Gasteiger partial charge >= 0.3 is 6.18 Å². The minimum absolute atomic E-state index is 0.106. The summed E-state index contributed by atoms with van der Waals surface area (Å²) >= 11 is 1.23. The van der Waals surface area contributed by atoms with E-state index in [1.165, 1.54) is 17.4 Å². The van der Waals surface area contributed by atoms with E-state index >= 15 is 0 Å². The summed E-state index contributed by atoms with van der Waals surface area (Å²) in [5.41, 5.74) is 5.97. The van der Waals surface area contributed by atoms with E-state index in [9.17, 15) is 18.0 Å². The van der Waals surface area contributed by atoms with Gasteiger partial charge in [0.2, 0.25) is 5.91 Å². The lowest BCUT2D eigenvalue weighted by Gasteiger charge is -2.19. The minimum atomic E-state index is -4.39. The van der Waals surface area contributed by atoms with E-state index in [-0.39, 0.29) is 18.4 Å². The number of carbonyl (C=O) groups excluding carboxylic acids is 1. The zero-order valence-electron chi connectivity index (χ0n) is 14.1. The first-order chi connectivity index (χ1) is 12.4. The maximum absolute atomic E-state index is 12.8. The van der Waals surface area contributed by atoms with E-state index < -0.39 is 11.7 Å². The second kappa shape index (κ2) is 7.75. The van der Waals surface area contributed by atoms with Gasteiger partial charge in [-0.3, -0.25) is 4.79 Å². The van der Waals surface area contributed by atoms with Crippen LogP contribution in [0.3, 0.4) is 0 Å². The smallest absolute Gasteiger partial charge is 0.353 e. The van der Waals surface area contributed by atoms with Crippen molar-refractivity contribution < 1.29 is 18.0 Å². The quantitative estimate of drug-likeness (QED) is 0.829. The van der Waals surface area contributed by atoms with Crippen molar-refractivity contribution in [3.63, 3.8) is 0 Å². The Morgan fingerprint density at radius 1 is 1.35 bits per heavy atom. The fraction of sp³-hybridized carbons (Fsp3) is 0.444. The number of hydrogen-bond donors (Lipinski definition) is 2. The third-order valence-electron chi connectivity index (χ3n) is 4.64. The molecule has 2 atom stereocenters. The predicted molar refractivity (Wildman–Crippen MR) is 94.6 cm³/mol. The topological polar surface area (TPSA) is 68.0 Å². The highest BCUT2D eigenvalue weighted by atomic mass is 32.1. The molecule has 1 aliphatic rings. The van der Waals surface area contributed by atoms with Gasteiger partial charge in [-0.15, -0.1) is 11.3 Å². The average molecular weight is 383 g/mol. The van der Waals surface area contributed by atoms with Crippen LogP contribution in [0.5, 0.6) is 0 Å². The fourth-order valence-electron chi connectivity index (χ4n) is 3.28. The molecule has 1 aromatic heterocycles. The highest BCUT2D eigenvalue weighted by Crippen LogP contribution is 2.33. The van der Waals surface area contributed by atoms with Crippen LogP contribution in [0.15, 0.2) is 29.6 Å². The number of halogens is 3. The molecule has 3 N–H and O–H groups in total. The molecular formula is C18H20F3N3OS. The minimum Gasteiger partial charge on any atom is -0.353 e. The number of nitrogens with two attached hydrogens (primary N) is 1. The van der Waals surface area contributed by atoms with E-state index in [0.717, 1.165) is 31.4 Å². The van der Waals surface area contributed by atoms with Crippen LogP contribution in [0.25, 0.3) is 10.6 Å². The summed E-state index contributed by atoms with van der Waals surface area (Å²) in [6.45, 7) is 0.557. The van der Waals surface area contributed by atoms with Crippen LogP contribution in [-0.4, -0.2) is 23.5 Å². The van der Waals surface area contributed by atoms with E-state index in [2.05, 4.69) is 10.3 Å². The van der Waals surface area contributed by atoms with Crippen LogP contribution in [-0.2, 0) is 17.4 Å². The molecule has 8 heteroatoms. The zero-order chi connectivity index (χ0) is 18.7. The van der Waals surface area contributed by atoms with Gasteiger partial charge in [-0.2, -0.15) is 13.2 Å². The van der Waals surface area contributed by atoms with Crippen LogP contribution in [0.4, 0.5) is 13.2 Å². The van der Waals surface area contributed by atoms with E-state index in [1.807, 2.05) is 0 Å². The molecule has 2 unspecified atom stereocenters. The Kier molecular flexibility index (Phi) is 5.62. The summed E-state index contributed by atoms with van der Waals surface area (Å²) in [6, 6.07) is 5.16. The van der Waals surface area contributed by atoms with Gasteiger partial charge in [0.05, 0.1) is 17.7 Å². The van der Waals surface area contributed by atoms with Gasteiger partial charge in [-0.1, -0.05) is 18.6 Å². The molecule has 2 aromatic rings. The highest BCUT2D eigenvalue weighted by Gasteiger charge is 2.31. The third-order valence-corrected chi connectivity index (χ3v) is 5.58. The van der Waals surface area contributed by atoms with Crippen molar-refractivity contribution in [1.82, 2.24) is 10.3 Å². The van der Waals surface area contributed by atoms with Crippen LogP contribution in [0.1, 0.15) is 30.5 Å². The lowest BCUT2D eigenvalue weighted by atomic mass is 10.0. The van der Waals surface area contributed by atoms with Crippen LogP contribution >= 0.6 is 11.3 Å². The molecule has 1 amide bonds. The van der Waals surface area contributed by atoms with Gasteiger partial charge < -0.3 is 11.1 Å². The Balaban J connectivity index is 1.66. The van der Waals surface area contributed by atoms with Gasteiger partial charge in [-0.05, 0) is 37.4 Å². The first-order valence-electron chi connectivity index (χ1n) is 8.48. The van der Waals surface area contributed by atoms with Crippen molar-refractivity contribution in [1.29, 1.82) is 0 Å². The number of hydrogen-bond acceptors (Lipinski definition) is 4. The number of amides is 1. The Morgan fingerprint density at radius 3 is 2.88 bits per heavy atom. The molecular weight excluding hydrogens is 363 g/mol. The van der Waals surface area contributed by atoms with Crippen molar-refractivity contribution in [3.8, 4) is 10.6 Å². The number of rotatable bonds is 5. The molecule has 1 saturated carbocycles. The molecule has 0 aliphatic heterocycles. The summed E-state index contributed by atoms with van der Waals surface area (Å²) in [7, 11) is 0. The molecule has 1 heterocycles. The monoisotopic (exact) mass is 383 g/mol. The first kappa shape index (κ1) is 18.8. The van der Waals surface area contributed by atoms with Crippen LogP contribution in [0, 0.1) is 5.92 Å². The number of alkyl halides is 3. The third kappa shape index (κ3) is 4.42. The zero-order valence-corrected chi connectivity index (χ0v) is 14.9. The maximum Gasteiger partial charge on any atom is 0.416 e. The van der Waals surface area contributed by atoms with Gasteiger partial charge in [-0.25, -0.2) is 4.98 Å². The van der Waals surface area contributed by atoms with E-state index in [1.54, 1.807) is 11.4 Å². The summed E-state index contributed by atoms with van der Waals surface area (Å²) in [5, 5.41) is 5.19. The molecule has 0 radical (unpaired) electrons. The number of nitrogens with one attached hydrogen (secondary N) is 1. The predicted octanol–water partition coefficient (Wildman–Crippen LogP) is 3.62. The second-order valence-corrected chi connectivity index (χ2v) is 7.36. The van der Waals surface area contributed by atoms with Crippen molar-refractivity contribution in [2.75, 3.05) is 6.54 Å². The number of aromatic nitrogens is 1. The standard InChI is InChI=1S/C18H20F3N3OS/c19-18(20,21)13-5-1-3-11(7-13)17-23-14(10-26-17)8-16(25)24-15-6-2-4-12(15)9-22/h1,3,5,7,10,12,15H,2,4,6,8-9,22H2,(H,24,25). The lowest BCUT2D eigenvalue weighted by molar-refractivity contribution is -0.137. The molecule has 26 heavy (non-hydrogen) atoms. The Labute approximate surface area is 153 Å². The molecule has 0 spiro atoms. The van der Waals surface area contributed by atoms with Gasteiger partial charge in [0, 0.05) is 17.0 Å². The Morgan fingerprint density at radius 2 is 2.15 bits per heavy atom. The number of carbonyl (C=O) groups is 1. The van der Waals surface area contributed by atoms with Gasteiger partial charge in [0.25, 0.3) is 0 Å². The molecule has 3 rings (SSSR count). The van der Waals surface area contributed by atoms with Crippen molar-refractivity contribution >= 4 is 17.2 Å². The molecule has 1 aliphatic carbocycles. The largest absolute Gasteiger partial charge is 0.416 e. The van der Waals surface area contributed by atoms with Gasteiger partial charge in [0.1, 0.15) is 5.01 Å². The summed E-state index contributed by atoms with van der Waals surface area (Å²) in [5.74, 6) is 0.186. The number of nitrogens with zero attached hydrogens (tertiary/aromatic N) is 1. The first-order valence-corrected chi connectivity index (χ1v) is 9.36. The van der Waals surface area contributed by atoms with E-state index in [4.69, 9.17) is 5.73 Å². The van der Waals surface area contributed by atoms with Crippen molar-refractivity contribution in [3.05, 3.63) is 40.9 Å². The second-order valence-electron chi connectivity index (χ2n) is 6.50. The van der Waals surface area contributed by atoms with Crippen LogP contribution in [0.2, 0.25) is 0 Å². The van der Waals surface area contributed by atoms with Crippen molar-refractivity contribution in [2.45, 2.75) is 37.9 Å². The van der Waals surface area contributed by atoms with Gasteiger partial charge in [0.15, 0.2) is 0 Å². The SMILES string of the molecule is NCC1CCCC1NC(=O)Cc1csc(-c2cccc(C(F)(F)F)c2)n1. The number of benzene rings is 1. The summed E-state index contributed by atoms with van der Waals surface area (Å²) in [4.78, 5) is 16.5. The molecule has 1 aromatic carbocycles. The molecule has 1 fully saturated rings. The summed E-state index contributed by atoms with van der Waals surface area (Å²) in [6.07, 6.45) is -1.26. The normalized spacial score (nSPS) is 20.3. The summed E-state index contributed by atoms with van der Waals surface area (Å²) < 4.78 is 38.5. The van der Waals surface area contributed by atoms with E-state index in [0.29, 0.717) is 28.7 Å². The highest BCUT2D eigenvalue weighted by molar-refractivity contribution is 7.13. The van der Waals surface area contributed by atoms with Crippen LogP contribution < -0.4 is 11.1 Å². The number of thiazole rings is 1. The lowest BCUT2D eigenvalue weighted by Crippen LogP contribution is -2.40. The van der Waals surface area contributed by atoms with Crippen molar-refractivity contribution in [2.24, 2.45) is 11.7 Å². The molecule has 140 valence electrons. The Bertz CT molecular complexity index is 775. The fourth-order valence-corrected chi connectivity index (χ4v) is 4.10. The maximum atomic E-state index is 12.8. The molecule has 4 nitrogen and oxygen atoms in total. The Hall–Kier alpha value is -1.93. The average Bonchev–Trinajstić information content (AvgIpc) is 3.23. The molecule has 0 saturated heterocycles.